The van der Waals surface area contributed by atoms with E-state index in [1.54, 1.807) is 12.1 Å². The Morgan fingerprint density at radius 1 is 1.41 bits per heavy atom. The lowest BCUT2D eigenvalue weighted by molar-refractivity contribution is 0.0691. The molecule has 0 atom stereocenters. The fourth-order valence-electron chi connectivity index (χ4n) is 1.84. The molecule has 2 aromatic rings. The molecule has 1 aromatic heterocycles. The number of fused-ring (bicyclic) bond motifs is 1. The number of nitrogens with one attached hydrogen (secondary N) is 1. The van der Waals surface area contributed by atoms with Gasteiger partial charge in [-0.05, 0) is 18.6 Å². The number of aromatic carboxylic acids is 1. The van der Waals surface area contributed by atoms with E-state index in [9.17, 15) is 9.59 Å². The number of carboxylic acid groups (broad SMARTS) is 1. The number of aromatic amines is 1. The van der Waals surface area contributed by atoms with Gasteiger partial charge < -0.3 is 14.8 Å². The Bertz CT molecular complexity index is 657. The second kappa shape index (κ2) is 3.93. The largest absolute Gasteiger partial charge is 0.495 e. The minimum Gasteiger partial charge on any atom is -0.495 e. The molecule has 0 saturated carbocycles. The Balaban J connectivity index is 3.01. The van der Waals surface area contributed by atoms with E-state index in [0.717, 1.165) is 5.56 Å². The summed E-state index contributed by atoms with van der Waals surface area (Å²) < 4.78 is 5.05. The first kappa shape index (κ1) is 11.2. The van der Waals surface area contributed by atoms with Crippen molar-refractivity contribution in [2.24, 2.45) is 0 Å². The molecule has 0 fully saturated rings. The van der Waals surface area contributed by atoms with Gasteiger partial charge in [0.25, 0.3) is 5.56 Å². The Labute approximate surface area is 96.7 Å². The fourth-order valence-corrected chi connectivity index (χ4v) is 1.84. The van der Waals surface area contributed by atoms with Crippen LogP contribution >= 0.6 is 0 Å². The van der Waals surface area contributed by atoms with Gasteiger partial charge in [0.05, 0.1) is 12.6 Å². The molecule has 0 amide bonds. The summed E-state index contributed by atoms with van der Waals surface area (Å²) in [7, 11) is 1.35. The summed E-state index contributed by atoms with van der Waals surface area (Å²) in [6, 6.07) is 5.33. The van der Waals surface area contributed by atoms with Crippen LogP contribution in [0.2, 0.25) is 0 Å². The van der Waals surface area contributed by atoms with Crippen molar-refractivity contribution in [3.05, 3.63) is 39.7 Å². The Kier molecular flexibility index (Phi) is 2.59. The molecule has 0 aliphatic carbocycles. The van der Waals surface area contributed by atoms with Crippen molar-refractivity contribution in [3.63, 3.8) is 0 Å². The number of aryl methyl sites for hydroxylation is 1. The first-order valence-corrected chi connectivity index (χ1v) is 4.99. The maximum atomic E-state index is 11.7. The number of methoxy groups -OCH3 is 1. The van der Waals surface area contributed by atoms with Crippen molar-refractivity contribution >= 4 is 16.9 Å². The van der Waals surface area contributed by atoms with Crippen molar-refractivity contribution in [1.29, 1.82) is 0 Å². The smallest absolute Gasteiger partial charge is 0.345 e. The molecular weight excluding hydrogens is 222 g/mol. The quantitative estimate of drug-likeness (QED) is 0.824. The molecule has 0 bridgehead atoms. The van der Waals surface area contributed by atoms with Crippen LogP contribution in [0.5, 0.6) is 5.75 Å². The Morgan fingerprint density at radius 3 is 2.71 bits per heavy atom. The molecule has 0 saturated heterocycles. The summed E-state index contributed by atoms with van der Waals surface area (Å²) in [5, 5.41) is 9.59. The van der Waals surface area contributed by atoms with E-state index in [2.05, 4.69) is 4.98 Å². The maximum Gasteiger partial charge on any atom is 0.345 e. The van der Waals surface area contributed by atoms with Crippen LogP contribution in [0.25, 0.3) is 10.9 Å². The van der Waals surface area contributed by atoms with Gasteiger partial charge in [-0.25, -0.2) is 4.79 Å². The summed E-state index contributed by atoms with van der Waals surface area (Å²) >= 11 is 0. The first-order valence-electron chi connectivity index (χ1n) is 4.99. The van der Waals surface area contributed by atoms with Crippen LogP contribution in [0.15, 0.2) is 23.0 Å². The summed E-state index contributed by atoms with van der Waals surface area (Å²) in [6.45, 7) is 1.83. The average molecular weight is 233 g/mol. The zero-order valence-corrected chi connectivity index (χ0v) is 9.40. The second-order valence-electron chi connectivity index (χ2n) is 3.66. The molecule has 1 aromatic carbocycles. The van der Waals surface area contributed by atoms with Crippen LogP contribution in [0, 0.1) is 6.92 Å². The number of H-pyrrole nitrogens is 1. The van der Waals surface area contributed by atoms with Crippen LogP contribution in [-0.4, -0.2) is 23.2 Å². The van der Waals surface area contributed by atoms with Crippen LogP contribution in [-0.2, 0) is 0 Å². The number of rotatable bonds is 2. The third kappa shape index (κ3) is 1.65. The van der Waals surface area contributed by atoms with E-state index < -0.39 is 11.5 Å². The van der Waals surface area contributed by atoms with E-state index in [1.807, 2.05) is 13.0 Å². The third-order valence-corrected chi connectivity index (χ3v) is 2.63. The van der Waals surface area contributed by atoms with Gasteiger partial charge in [-0.1, -0.05) is 12.1 Å². The second-order valence-corrected chi connectivity index (χ2v) is 3.66. The van der Waals surface area contributed by atoms with Crippen LogP contribution in [0.1, 0.15) is 15.9 Å². The van der Waals surface area contributed by atoms with Gasteiger partial charge in [-0.15, -0.1) is 0 Å². The number of carboxylic acids is 1. The number of carbonyl (C=O) groups is 1. The van der Waals surface area contributed by atoms with E-state index in [-0.39, 0.29) is 11.3 Å². The number of aromatic nitrogens is 1. The van der Waals surface area contributed by atoms with Gasteiger partial charge in [0, 0.05) is 5.39 Å². The topological polar surface area (TPSA) is 79.4 Å². The van der Waals surface area contributed by atoms with E-state index >= 15 is 0 Å². The summed E-state index contributed by atoms with van der Waals surface area (Å²) in [4.78, 5) is 25.3. The van der Waals surface area contributed by atoms with Crippen molar-refractivity contribution in [2.45, 2.75) is 6.92 Å². The fraction of sp³-hybridized carbons (Fsp3) is 0.167. The Hall–Kier alpha value is -2.30. The van der Waals surface area contributed by atoms with Gasteiger partial charge in [0.1, 0.15) is 5.75 Å². The zero-order valence-electron chi connectivity index (χ0n) is 9.40. The molecule has 2 rings (SSSR count). The minimum absolute atomic E-state index is 0.0972. The maximum absolute atomic E-state index is 11.7. The number of hydrogen-bond donors (Lipinski definition) is 2. The van der Waals surface area contributed by atoms with E-state index in [1.165, 1.54) is 7.11 Å². The van der Waals surface area contributed by atoms with Crippen LogP contribution in [0.3, 0.4) is 0 Å². The molecule has 0 unspecified atom stereocenters. The molecule has 0 aliphatic heterocycles. The van der Waals surface area contributed by atoms with Gasteiger partial charge in [-0.2, -0.15) is 0 Å². The van der Waals surface area contributed by atoms with Crippen molar-refractivity contribution in [3.8, 4) is 5.75 Å². The predicted molar refractivity (Wildman–Crippen MR) is 62.8 cm³/mol. The van der Waals surface area contributed by atoms with Gasteiger partial charge in [0.15, 0.2) is 5.56 Å². The third-order valence-electron chi connectivity index (χ3n) is 2.63. The standard InChI is InChI=1S/C12H11NO4/c1-6-4-3-5-7-9(6)13-11(14)8(12(15)16)10(7)17-2/h3-5H,1-2H3,(H,13,14)(H,15,16). The molecule has 0 spiro atoms. The molecule has 2 N–H and O–H groups in total. The monoisotopic (exact) mass is 233 g/mol. The lowest BCUT2D eigenvalue weighted by Crippen LogP contribution is -2.19. The molecule has 5 heteroatoms. The molecular formula is C12H11NO4. The molecule has 17 heavy (non-hydrogen) atoms. The molecule has 5 nitrogen and oxygen atoms in total. The molecule has 0 aliphatic rings. The SMILES string of the molecule is COc1c(C(=O)O)c(=O)[nH]c2c(C)cccc12. The van der Waals surface area contributed by atoms with Crippen LogP contribution < -0.4 is 10.3 Å². The highest BCUT2D eigenvalue weighted by molar-refractivity contribution is 5.99. The number of pyridine rings is 1. The van der Waals surface area contributed by atoms with Crippen molar-refractivity contribution in [1.82, 2.24) is 4.98 Å². The summed E-state index contributed by atoms with van der Waals surface area (Å²) in [6.07, 6.45) is 0. The number of hydrogen-bond acceptors (Lipinski definition) is 3. The van der Waals surface area contributed by atoms with Crippen molar-refractivity contribution < 1.29 is 14.6 Å². The highest BCUT2D eigenvalue weighted by atomic mass is 16.5. The Morgan fingerprint density at radius 2 is 2.12 bits per heavy atom. The van der Waals surface area contributed by atoms with Gasteiger partial charge in [0.2, 0.25) is 0 Å². The normalized spacial score (nSPS) is 10.5. The zero-order chi connectivity index (χ0) is 12.6. The number of ether oxygens (including phenoxy) is 1. The number of benzene rings is 1. The van der Waals surface area contributed by atoms with Gasteiger partial charge >= 0.3 is 5.97 Å². The lowest BCUT2D eigenvalue weighted by Gasteiger charge is -2.09. The molecule has 1 heterocycles. The predicted octanol–water partition coefficient (Wildman–Crippen LogP) is 1.54. The summed E-state index contributed by atoms with van der Waals surface area (Å²) in [5.41, 5.74) is 0.427. The van der Waals surface area contributed by atoms with Crippen molar-refractivity contribution in [2.75, 3.05) is 7.11 Å². The lowest BCUT2D eigenvalue weighted by atomic mass is 10.1. The van der Waals surface area contributed by atoms with E-state index in [4.69, 9.17) is 9.84 Å². The molecule has 0 radical (unpaired) electrons. The first-order chi connectivity index (χ1) is 8.06. The average Bonchev–Trinajstić information content (AvgIpc) is 2.28. The minimum atomic E-state index is -1.30. The highest BCUT2D eigenvalue weighted by Crippen LogP contribution is 2.27. The molecule has 88 valence electrons. The van der Waals surface area contributed by atoms with Crippen LogP contribution in [0.4, 0.5) is 0 Å². The van der Waals surface area contributed by atoms with E-state index in [0.29, 0.717) is 10.9 Å². The summed E-state index contributed by atoms with van der Waals surface area (Å²) in [5.74, 6) is -1.20. The van der Waals surface area contributed by atoms with Gasteiger partial charge in [-0.3, -0.25) is 4.79 Å². The highest BCUT2D eigenvalue weighted by Gasteiger charge is 2.19. The number of para-hydroxylation sites is 1.